The third-order valence-corrected chi connectivity index (χ3v) is 17.1. The number of aromatic hydroxyl groups is 1. The number of carbonyl (C=O) groups excluding carboxylic acids is 15. The van der Waals surface area contributed by atoms with Crippen molar-refractivity contribution in [3.05, 3.63) is 65.7 Å². The third-order valence-electron chi connectivity index (χ3n) is 17.1. The van der Waals surface area contributed by atoms with Crippen LogP contribution in [0.4, 0.5) is 0 Å². The van der Waals surface area contributed by atoms with E-state index in [-0.39, 0.29) is 81.6 Å². The first-order valence-electron chi connectivity index (χ1n) is 37.2. The lowest BCUT2D eigenvalue weighted by Crippen LogP contribution is -2.63. The van der Waals surface area contributed by atoms with E-state index in [0.717, 1.165) is 20.8 Å². The van der Waals surface area contributed by atoms with Crippen LogP contribution < -0.4 is 109 Å². The molecule has 0 aliphatic heterocycles. The molecular weight excluding hydrogens is 1510 g/mol. The number of carboxylic acid groups (broad SMARTS) is 1. The van der Waals surface area contributed by atoms with Crippen molar-refractivity contribution in [3.63, 3.8) is 0 Å². The second-order valence-electron chi connectivity index (χ2n) is 28.7. The number of aliphatic hydroxyl groups is 3. The molecule has 0 aromatic heterocycles. The van der Waals surface area contributed by atoms with Gasteiger partial charge in [-0.2, -0.15) is 0 Å². The van der Waals surface area contributed by atoms with Gasteiger partial charge >= 0.3 is 5.97 Å². The largest absolute Gasteiger partial charge is 0.508 e. The second-order valence-corrected chi connectivity index (χ2v) is 28.7. The molecule has 115 heavy (non-hydrogen) atoms. The number of carboxylic acids is 1. The first-order valence-corrected chi connectivity index (χ1v) is 37.2. The summed E-state index contributed by atoms with van der Waals surface area (Å²) in [7, 11) is 0. The molecule has 0 saturated carbocycles. The SMILES string of the molecule is CC(C)C[C@H](NC(=O)[C@H](Cc1ccccc1)NC(=O)[C@H](Cc1ccc(O)cc1)NC(=O)[C@@H](NC(=O)CNC(=O)CNC(=O)[C@@H](NC(=O)[C@H](CC(N)=O)NC(=O)[C@H](CC(C)C)NC(=O)[C@@H](N)CCCN=C(N)N)C(C)C)[C@@H](C)O)C(=O)N[C@H](C(=O)N[C@H](C(=O)N[C@@H](CCCN=C(N)N)C(=O)N[C@@H](CCC(N)=O)C(=O)O)[C@@H](C)O)[C@@H](C)O. The van der Waals surface area contributed by atoms with Crippen molar-refractivity contribution in [3.8, 4) is 5.75 Å². The summed E-state index contributed by atoms with van der Waals surface area (Å²) >= 11 is 0. The minimum atomic E-state index is -1.95. The molecule has 43 heteroatoms. The van der Waals surface area contributed by atoms with Crippen LogP contribution in [-0.4, -0.2) is 249 Å². The Hall–Kier alpha value is -11.9. The number of nitrogens with two attached hydrogens (primary N) is 7. The Morgan fingerprint density at radius 1 is 0.383 bits per heavy atom. The lowest BCUT2D eigenvalue weighted by molar-refractivity contribution is -0.143. The number of guanidine groups is 2. The molecule has 15 atom stereocenters. The normalized spacial score (nSPS) is 15.0. The average molecular weight is 1630 g/mol. The predicted molar refractivity (Wildman–Crippen MR) is 416 cm³/mol. The van der Waals surface area contributed by atoms with E-state index in [1.165, 1.54) is 38.1 Å². The van der Waals surface area contributed by atoms with Crippen LogP contribution in [0, 0.1) is 17.8 Å². The van der Waals surface area contributed by atoms with Crippen molar-refractivity contribution in [1.82, 2.24) is 69.1 Å². The van der Waals surface area contributed by atoms with E-state index in [4.69, 9.17) is 40.1 Å². The first-order chi connectivity index (χ1) is 53.8. The minimum Gasteiger partial charge on any atom is -0.508 e. The number of carbonyl (C=O) groups is 16. The second kappa shape index (κ2) is 50.3. The van der Waals surface area contributed by atoms with Gasteiger partial charge in [-0.25, -0.2) is 4.79 Å². The number of amides is 15. The molecule has 0 bridgehead atoms. The minimum absolute atomic E-state index is 0.00814. The Morgan fingerprint density at radius 3 is 1.23 bits per heavy atom. The molecule has 0 heterocycles. The van der Waals surface area contributed by atoms with Gasteiger partial charge in [0.2, 0.25) is 88.6 Å². The Bertz CT molecular complexity index is 3690. The van der Waals surface area contributed by atoms with Gasteiger partial charge in [-0.15, -0.1) is 0 Å². The molecule has 0 radical (unpaired) electrons. The highest BCUT2D eigenvalue weighted by Crippen LogP contribution is 2.16. The van der Waals surface area contributed by atoms with Gasteiger partial charge < -0.3 is 135 Å². The highest BCUT2D eigenvalue weighted by Gasteiger charge is 2.39. The molecule has 32 N–H and O–H groups in total. The van der Waals surface area contributed by atoms with Gasteiger partial charge in [-0.1, -0.05) is 84.0 Å². The van der Waals surface area contributed by atoms with Gasteiger partial charge in [0.1, 0.15) is 72.2 Å². The predicted octanol–water partition coefficient (Wildman–Crippen LogP) is -8.71. The van der Waals surface area contributed by atoms with Crippen molar-refractivity contribution < 1.29 is 102 Å². The van der Waals surface area contributed by atoms with E-state index in [9.17, 15) is 102 Å². The molecular formula is C72H116N22O21. The number of nitrogens with one attached hydrogen (secondary N) is 13. The molecule has 15 amide bonds. The molecule has 640 valence electrons. The van der Waals surface area contributed by atoms with E-state index in [1.807, 2.05) is 0 Å². The summed E-state index contributed by atoms with van der Waals surface area (Å²) in [5.41, 5.74) is 39.0. The Labute approximate surface area is 664 Å². The number of benzene rings is 2. The fourth-order valence-electron chi connectivity index (χ4n) is 11.1. The average Bonchev–Trinajstić information content (AvgIpc) is 0.880. The summed E-state index contributed by atoms with van der Waals surface area (Å²) in [5.74, 6) is -18.9. The van der Waals surface area contributed by atoms with Crippen LogP contribution in [0.15, 0.2) is 64.6 Å². The number of phenols is 1. The third kappa shape index (κ3) is 38.5. The number of nitrogens with zero attached hydrogens (tertiary/aromatic N) is 2. The number of hydrogen-bond donors (Lipinski definition) is 25. The Balaban J connectivity index is 2.40. The lowest BCUT2D eigenvalue weighted by atomic mass is 9.99. The van der Waals surface area contributed by atoms with Gasteiger partial charge in [0.05, 0.1) is 43.9 Å². The smallest absolute Gasteiger partial charge is 0.326 e. The number of primary amides is 2. The van der Waals surface area contributed by atoms with Gasteiger partial charge in [-0.05, 0) is 107 Å². The van der Waals surface area contributed by atoms with Crippen LogP contribution in [0.2, 0.25) is 0 Å². The molecule has 0 unspecified atom stereocenters. The summed E-state index contributed by atoms with van der Waals surface area (Å²) in [6.07, 6.45) is -7.42. The fourth-order valence-corrected chi connectivity index (χ4v) is 11.1. The van der Waals surface area contributed by atoms with Crippen LogP contribution in [0.3, 0.4) is 0 Å². The van der Waals surface area contributed by atoms with Gasteiger partial charge in [-0.3, -0.25) is 81.9 Å². The summed E-state index contributed by atoms with van der Waals surface area (Å²) in [6, 6.07) is -5.82. The van der Waals surface area contributed by atoms with Crippen molar-refractivity contribution in [1.29, 1.82) is 0 Å². The number of rotatable bonds is 52. The lowest BCUT2D eigenvalue weighted by Gasteiger charge is -2.30. The number of aliphatic carboxylic acids is 1. The first kappa shape index (κ1) is 99.2. The highest BCUT2D eigenvalue weighted by molar-refractivity contribution is 6.00. The van der Waals surface area contributed by atoms with Gasteiger partial charge in [0.15, 0.2) is 11.9 Å². The standard InChI is InChI=1S/C72H116N22O21/c1-34(2)27-46(86-59(103)43(73)17-13-25-80-71(76)77)61(105)89-50(31-52(75)100)65(109)92-55(36(5)6)66(110)83-32-53(101)82-33-54(102)91-56(37(7)95)67(111)90-49(30-41-19-21-42(98)22-20-41)63(107)88-48(29-40-15-11-10-12-16-40)62(106)87-47(28-35(3)4)64(108)93-58(39(9)97)69(113)94-57(38(8)96)68(112)84-44(18-14-26-81-72(78)79)60(104)85-45(70(114)115)23-24-51(74)99/h10-12,15-16,19-22,34-39,43-50,55-58,95-98H,13-14,17-18,23-33,73H2,1-9H3,(H2,74,99)(H2,75,100)(H,82,101)(H,83,110)(H,84,112)(H,85,104)(H,86,103)(H,87,106)(H,88,107)(H,89,105)(H,90,111)(H,91,102)(H,92,109)(H,93,108)(H,94,113)(H,114,115)(H4,76,77,80)(H4,78,79,81)/t37-,38-,39-,43+,44+,45+,46+,47+,48+,49+,50+,55+,56+,57+,58+/m1/s1. The summed E-state index contributed by atoms with van der Waals surface area (Å²) < 4.78 is 0. The van der Waals surface area contributed by atoms with Crippen molar-refractivity contribution >= 4 is 106 Å². The molecule has 0 spiro atoms. The van der Waals surface area contributed by atoms with E-state index >= 15 is 0 Å². The van der Waals surface area contributed by atoms with Gasteiger partial charge in [0.25, 0.3) is 0 Å². The molecule has 2 aromatic rings. The molecule has 2 rings (SSSR count). The van der Waals surface area contributed by atoms with Crippen LogP contribution in [0.25, 0.3) is 0 Å². The number of phenolic OH excluding ortho intramolecular Hbond substituents is 1. The van der Waals surface area contributed by atoms with Crippen LogP contribution in [0.1, 0.15) is 131 Å². The zero-order valence-corrected chi connectivity index (χ0v) is 65.9. The molecule has 0 saturated heterocycles. The molecule has 0 aliphatic carbocycles. The van der Waals surface area contributed by atoms with Crippen LogP contribution in [-0.2, 0) is 89.6 Å². The van der Waals surface area contributed by atoms with Crippen molar-refractivity contribution in [2.45, 2.75) is 224 Å². The maximum Gasteiger partial charge on any atom is 0.326 e. The summed E-state index contributed by atoms with van der Waals surface area (Å²) in [4.78, 5) is 224. The Kier molecular flexibility index (Phi) is 43.4. The van der Waals surface area contributed by atoms with Crippen molar-refractivity contribution in [2.24, 2.45) is 67.9 Å². The molecule has 43 nitrogen and oxygen atoms in total. The molecule has 0 aliphatic rings. The zero-order valence-electron chi connectivity index (χ0n) is 65.9. The number of aliphatic imine (C=N–C) groups is 2. The maximum atomic E-state index is 14.8. The molecule has 2 aromatic carbocycles. The summed E-state index contributed by atoms with van der Waals surface area (Å²) in [5, 5.41) is 83.7. The van der Waals surface area contributed by atoms with Crippen LogP contribution in [0.5, 0.6) is 5.75 Å². The van der Waals surface area contributed by atoms with E-state index in [1.54, 1.807) is 58.0 Å². The number of hydrogen-bond acceptors (Lipinski definition) is 23. The molecule has 0 fully saturated rings. The monoisotopic (exact) mass is 1620 g/mol. The van der Waals surface area contributed by atoms with Crippen molar-refractivity contribution in [2.75, 3.05) is 26.2 Å². The summed E-state index contributed by atoms with van der Waals surface area (Å²) in [6.45, 7) is 11.6. The Morgan fingerprint density at radius 2 is 0.765 bits per heavy atom. The fraction of sp³-hybridized carbons (Fsp3) is 0.583. The van der Waals surface area contributed by atoms with E-state index in [2.05, 4.69) is 79.1 Å². The topological polar surface area (TPSA) is 738 Å². The van der Waals surface area contributed by atoms with Gasteiger partial charge in [0, 0.05) is 32.4 Å². The van der Waals surface area contributed by atoms with Crippen LogP contribution >= 0.6 is 0 Å². The van der Waals surface area contributed by atoms with E-state index < -0.39 is 230 Å². The quantitative estimate of drug-likeness (QED) is 0.0166. The maximum absolute atomic E-state index is 14.8. The number of aliphatic hydroxyl groups excluding tert-OH is 3. The zero-order chi connectivity index (χ0) is 87.1. The highest BCUT2D eigenvalue weighted by atomic mass is 16.4. The van der Waals surface area contributed by atoms with E-state index in [0.29, 0.717) is 17.5 Å².